The summed E-state index contributed by atoms with van der Waals surface area (Å²) in [4.78, 5) is 49.1. The number of nitrogens with one attached hydrogen (secondary N) is 1. The summed E-state index contributed by atoms with van der Waals surface area (Å²) in [6.45, 7) is 4.79. The van der Waals surface area contributed by atoms with Crippen molar-refractivity contribution in [3.63, 3.8) is 0 Å². The van der Waals surface area contributed by atoms with Crippen LogP contribution >= 0.6 is 11.3 Å². The average molecular weight is 387 g/mol. The van der Waals surface area contributed by atoms with Gasteiger partial charge in [0.25, 0.3) is 5.91 Å². The number of ketones is 2. The van der Waals surface area contributed by atoms with Crippen LogP contribution in [0.4, 0.5) is 5.69 Å². The van der Waals surface area contributed by atoms with Crippen molar-refractivity contribution in [2.75, 3.05) is 5.32 Å². The smallest absolute Gasteiger partial charge is 0.307 e. The number of Topliss-reactive ketones (excluding diaryl/α,β-unsaturated/α-hetero) is 2. The molecular formula is C20H21NO5S. The van der Waals surface area contributed by atoms with E-state index in [9.17, 15) is 19.2 Å². The van der Waals surface area contributed by atoms with E-state index in [2.05, 4.69) is 5.32 Å². The maximum atomic E-state index is 12.2. The molecule has 0 spiro atoms. The number of benzene rings is 1. The third-order valence-electron chi connectivity index (χ3n) is 3.79. The summed E-state index contributed by atoms with van der Waals surface area (Å²) >= 11 is 1.38. The molecule has 6 nitrogen and oxygen atoms in total. The molecule has 1 aromatic carbocycles. The fourth-order valence-electron chi connectivity index (χ4n) is 2.29. The van der Waals surface area contributed by atoms with Crippen LogP contribution in [0.15, 0.2) is 36.4 Å². The van der Waals surface area contributed by atoms with Crippen LogP contribution in [0.5, 0.6) is 0 Å². The second-order valence-corrected chi connectivity index (χ2v) is 7.38. The zero-order valence-electron chi connectivity index (χ0n) is 15.4. The molecule has 0 aliphatic carbocycles. The molecule has 2 aromatic rings. The van der Waals surface area contributed by atoms with Gasteiger partial charge in [-0.3, -0.25) is 19.2 Å². The second kappa shape index (κ2) is 9.23. The molecule has 1 aromatic heterocycles. The van der Waals surface area contributed by atoms with Crippen molar-refractivity contribution in [1.82, 2.24) is 0 Å². The summed E-state index contributed by atoms with van der Waals surface area (Å²) < 4.78 is 5.09. The maximum absolute atomic E-state index is 12.2. The number of anilines is 1. The van der Waals surface area contributed by atoms with E-state index >= 15 is 0 Å². The van der Waals surface area contributed by atoms with E-state index in [-0.39, 0.29) is 24.4 Å². The summed E-state index contributed by atoms with van der Waals surface area (Å²) in [7, 11) is 0. The molecule has 1 atom stereocenters. The normalized spacial score (nSPS) is 11.5. The first-order chi connectivity index (χ1) is 12.8. The third kappa shape index (κ3) is 6.14. The average Bonchev–Trinajstić information content (AvgIpc) is 3.06. The SMILES string of the molecule is CC(=O)c1cccc(NC(=O)[C@@H](C)OC(=O)CCC(=O)c2ccc(C)s2)c1. The number of hydrogen-bond acceptors (Lipinski definition) is 6. The Labute approximate surface area is 161 Å². The van der Waals surface area contributed by atoms with Gasteiger partial charge in [0.05, 0.1) is 11.3 Å². The highest BCUT2D eigenvalue weighted by atomic mass is 32.1. The van der Waals surface area contributed by atoms with Crippen LogP contribution in [0.1, 0.15) is 51.6 Å². The van der Waals surface area contributed by atoms with E-state index < -0.39 is 18.0 Å². The highest BCUT2D eigenvalue weighted by molar-refractivity contribution is 7.14. The van der Waals surface area contributed by atoms with Crippen molar-refractivity contribution >= 4 is 40.5 Å². The minimum Gasteiger partial charge on any atom is -0.453 e. The molecule has 7 heteroatoms. The third-order valence-corrected chi connectivity index (χ3v) is 4.83. The fourth-order valence-corrected chi connectivity index (χ4v) is 3.13. The molecule has 2 rings (SSSR count). The zero-order valence-corrected chi connectivity index (χ0v) is 16.2. The van der Waals surface area contributed by atoms with Crippen LogP contribution in [0.3, 0.4) is 0 Å². The van der Waals surface area contributed by atoms with Crippen molar-refractivity contribution in [2.45, 2.75) is 39.7 Å². The van der Waals surface area contributed by atoms with E-state index in [0.717, 1.165) is 4.88 Å². The van der Waals surface area contributed by atoms with Gasteiger partial charge in [0.1, 0.15) is 0 Å². The Morgan fingerprint density at radius 3 is 2.48 bits per heavy atom. The van der Waals surface area contributed by atoms with Gasteiger partial charge >= 0.3 is 5.97 Å². The molecule has 142 valence electrons. The number of carbonyl (C=O) groups excluding carboxylic acids is 4. The molecule has 1 amide bonds. The molecule has 0 unspecified atom stereocenters. The lowest BCUT2D eigenvalue weighted by atomic mass is 10.1. The van der Waals surface area contributed by atoms with Gasteiger partial charge in [0.2, 0.25) is 0 Å². The minimum atomic E-state index is -1.02. The Bertz CT molecular complexity index is 871. The topological polar surface area (TPSA) is 89.5 Å². The van der Waals surface area contributed by atoms with E-state index in [4.69, 9.17) is 4.74 Å². The number of hydrogen-bond donors (Lipinski definition) is 1. The quantitative estimate of drug-likeness (QED) is 0.550. The molecule has 1 heterocycles. The molecule has 0 bridgehead atoms. The predicted octanol–water partition coefficient (Wildman–Crippen LogP) is 3.79. The Morgan fingerprint density at radius 2 is 1.85 bits per heavy atom. The number of carbonyl (C=O) groups is 4. The molecule has 1 N–H and O–H groups in total. The fraction of sp³-hybridized carbons (Fsp3) is 0.300. The number of ether oxygens (including phenoxy) is 1. The van der Waals surface area contributed by atoms with Gasteiger partial charge in [-0.15, -0.1) is 11.3 Å². The molecule has 0 radical (unpaired) electrons. The maximum Gasteiger partial charge on any atom is 0.307 e. The van der Waals surface area contributed by atoms with Crippen LogP contribution in [-0.2, 0) is 14.3 Å². The van der Waals surface area contributed by atoms with Crippen LogP contribution in [0.25, 0.3) is 0 Å². The van der Waals surface area contributed by atoms with Gasteiger partial charge in [-0.1, -0.05) is 12.1 Å². The predicted molar refractivity (Wildman–Crippen MR) is 103 cm³/mol. The number of aryl methyl sites for hydroxylation is 1. The van der Waals surface area contributed by atoms with E-state index in [0.29, 0.717) is 16.1 Å². The number of esters is 1. The highest BCUT2D eigenvalue weighted by Gasteiger charge is 2.19. The molecule has 27 heavy (non-hydrogen) atoms. The van der Waals surface area contributed by atoms with Crippen molar-refractivity contribution in [3.8, 4) is 0 Å². The van der Waals surface area contributed by atoms with Crippen LogP contribution < -0.4 is 5.32 Å². The van der Waals surface area contributed by atoms with E-state index in [1.165, 1.54) is 25.2 Å². The largest absolute Gasteiger partial charge is 0.453 e. The number of thiophene rings is 1. The lowest BCUT2D eigenvalue weighted by Crippen LogP contribution is -2.30. The number of amides is 1. The summed E-state index contributed by atoms with van der Waals surface area (Å²) in [5.41, 5.74) is 0.915. The highest BCUT2D eigenvalue weighted by Crippen LogP contribution is 2.18. The monoisotopic (exact) mass is 387 g/mol. The molecule has 0 aliphatic rings. The lowest BCUT2D eigenvalue weighted by Gasteiger charge is -2.13. The standard InChI is InChI=1S/C20H21NO5S/c1-12-7-9-18(27-12)17(23)8-10-19(24)26-14(3)20(25)21-16-6-4-5-15(11-16)13(2)22/h4-7,9,11,14H,8,10H2,1-3H3,(H,21,25)/t14-/m1/s1. The van der Waals surface area contributed by atoms with Gasteiger partial charge < -0.3 is 10.1 Å². The Hall–Kier alpha value is -2.80. The Balaban J connectivity index is 1.82. The van der Waals surface area contributed by atoms with Crippen LogP contribution in [0, 0.1) is 6.92 Å². The molecule has 0 saturated heterocycles. The number of rotatable bonds is 8. The first-order valence-electron chi connectivity index (χ1n) is 8.47. The molecule has 0 saturated carbocycles. The van der Waals surface area contributed by atoms with Crippen molar-refractivity contribution in [2.24, 2.45) is 0 Å². The molecule has 0 aliphatic heterocycles. The van der Waals surface area contributed by atoms with Gasteiger partial charge in [0, 0.05) is 22.5 Å². The zero-order chi connectivity index (χ0) is 20.0. The summed E-state index contributed by atoms with van der Waals surface area (Å²) in [6.07, 6.45) is -1.07. The van der Waals surface area contributed by atoms with Crippen LogP contribution in [0.2, 0.25) is 0 Å². The van der Waals surface area contributed by atoms with E-state index in [1.807, 2.05) is 13.0 Å². The van der Waals surface area contributed by atoms with Crippen molar-refractivity contribution < 1.29 is 23.9 Å². The Kier molecular flexibility index (Phi) is 7.01. The first kappa shape index (κ1) is 20.5. The van der Waals surface area contributed by atoms with Crippen LogP contribution in [-0.4, -0.2) is 29.5 Å². The van der Waals surface area contributed by atoms with Crippen molar-refractivity contribution in [1.29, 1.82) is 0 Å². The van der Waals surface area contributed by atoms with Crippen molar-refractivity contribution in [3.05, 3.63) is 51.7 Å². The lowest BCUT2D eigenvalue weighted by molar-refractivity contribution is -0.153. The minimum absolute atomic E-state index is 0.0355. The molecule has 0 fully saturated rings. The molecular weight excluding hydrogens is 366 g/mol. The van der Waals surface area contributed by atoms with Gasteiger partial charge in [-0.25, -0.2) is 0 Å². The second-order valence-electron chi connectivity index (χ2n) is 6.09. The first-order valence-corrected chi connectivity index (χ1v) is 9.29. The van der Waals surface area contributed by atoms with E-state index in [1.54, 1.807) is 30.3 Å². The van der Waals surface area contributed by atoms with Gasteiger partial charge in [-0.05, 0) is 45.0 Å². The summed E-state index contributed by atoms with van der Waals surface area (Å²) in [5.74, 6) is -1.36. The summed E-state index contributed by atoms with van der Waals surface area (Å²) in [6, 6.07) is 10.1. The Morgan fingerprint density at radius 1 is 1.11 bits per heavy atom. The van der Waals surface area contributed by atoms with Gasteiger partial charge in [-0.2, -0.15) is 0 Å². The van der Waals surface area contributed by atoms with Gasteiger partial charge in [0.15, 0.2) is 17.7 Å². The summed E-state index contributed by atoms with van der Waals surface area (Å²) in [5, 5.41) is 2.60.